The number of amides is 1. The molecule has 0 N–H and O–H groups in total. The Morgan fingerprint density at radius 2 is 2.15 bits per heavy atom. The van der Waals surface area contributed by atoms with Crippen LogP contribution in [-0.4, -0.2) is 71.6 Å². The smallest absolute Gasteiger partial charge is 0.241 e. The van der Waals surface area contributed by atoms with Crippen molar-refractivity contribution in [2.75, 3.05) is 50.1 Å². The molecule has 8 heteroatoms. The summed E-state index contributed by atoms with van der Waals surface area (Å²) in [5, 5.41) is 0. The molecule has 8 nitrogen and oxygen atoms in total. The molecule has 4 heterocycles. The Kier molecular flexibility index (Phi) is 4.20. The largest absolute Gasteiger partial charge is 0.481 e. The average Bonchev–Trinajstić information content (AvgIpc) is 3.11. The summed E-state index contributed by atoms with van der Waals surface area (Å²) in [6, 6.07) is 5.65. The zero-order valence-corrected chi connectivity index (χ0v) is 15.0. The summed E-state index contributed by atoms with van der Waals surface area (Å²) in [6.45, 7) is 2.72. The number of methoxy groups -OCH3 is 1. The van der Waals surface area contributed by atoms with Gasteiger partial charge in [0.2, 0.25) is 11.8 Å². The molecule has 0 bridgehead atoms. The second kappa shape index (κ2) is 6.53. The molecule has 0 unspecified atom stereocenters. The summed E-state index contributed by atoms with van der Waals surface area (Å²) in [4.78, 5) is 31.5. The third-order valence-electron chi connectivity index (χ3n) is 5.39. The summed E-state index contributed by atoms with van der Waals surface area (Å²) >= 11 is 0. The second-order valence-corrected chi connectivity index (χ2v) is 6.86. The van der Waals surface area contributed by atoms with Gasteiger partial charge >= 0.3 is 0 Å². The highest BCUT2D eigenvalue weighted by Gasteiger charge is 2.48. The SMILES string of the molecule is COc1cc(N2CC[C@@]3(C2)CN(c2cccnc2)C(=O)CN3C)ncn1. The van der Waals surface area contributed by atoms with E-state index in [0.29, 0.717) is 19.0 Å². The average molecular weight is 354 g/mol. The molecule has 1 atom stereocenters. The minimum Gasteiger partial charge on any atom is -0.481 e. The number of carbonyl (C=O) groups is 1. The van der Waals surface area contributed by atoms with Gasteiger partial charge in [-0.1, -0.05) is 0 Å². The lowest BCUT2D eigenvalue weighted by Gasteiger charge is -2.46. The van der Waals surface area contributed by atoms with Crippen LogP contribution in [0.3, 0.4) is 0 Å². The third kappa shape index (κ3) is 2.86. The minimum atomic E-state index is -0.109. The predicted molar refractivity (Wildman–Crippen MR) is 97.4 cm³/mol. The van der Waals surface area contributed by atoms with Crippen molar-refractivity contribution in [3.05, 3.63) is 36.9 Å². The van der Waals surface area contributed by atoms with Crippen LogP contribution < -0.4 is 14.5 Å². The Balaban J connectivity index is 1.58. The first kappa shape index (κ1) is 16.7. The van der Waals surface area contributed by atoms with Crippen LogP contribution >= 0.6 is 0 Å². The number of hydrogen-bond donors (Lipinski definition) is 0. The van der Waals surface area contributed by atoms with E-state index < -0.39 is 0 Å². The molecule has 136 valence electrons. The van der Waals surface area contributed by atoms with Crippen molar-refractivity contribution in [3.8, 4) is 5.88 Å². The van der Waals surface area contributed by atoms with Gasteiger partial charge in [0.1, 0.15) is 12.1 Å². The summed E-state index contributed by atoms with van der Waals surface area (Å²) < 4.78 is 5.21. The highest BCUT2D eigenvalue weighted by atomic mass is 16.5. The van der Waals surface area contributed by atoms with Gasteiger partial charge in [-0.05, 0) is 25.6 Å². The fourth-order valence-electron chi connectivity index (χ4n) is 3.81. The molecule has 1 spiro atoms. The van der Waals surface area contributed by atoms with Gasteiger partial charge in [0.05, 0.1) is 31.1 Å². The van der Waals surface area contributed by atoms with Gasteiger partial charge < -0.3 is 14.5 Å². The summed E-state index contributed by atoms with van der Waals surface area (Å²) in [6.07, 6.45) is 5.95. The summed E-state index contributed by atoms with van der Waals surface area (Å²) in [5.41, 5.74) is 0.745. The monoisotopic (exact) mass is 354 g/mol. The van der Waals surface area contributed by atoms with Crippen LogP contribution in [0.1, 0.15) is 6.42 Å². The third-order valence-corrected chi connectivity index (χ3v) is 5.39. The van der Waals surface area contributed by atoms with Gasteiger partial charge in [0.15, 0.2) is 0 Å². The number of piperazine rings is 1. The van der Waals surface area contributed by atoms with Crippen LogP contribution in [0.5, 0.6) is 5.88 Å². The van der Waals surface area contributed by atoms with E-state index in [2.05, 4.69) is 24.8 Å². The van der Waals surface area contributed by atoms with Crippen molar-refractivity contribution in [2.24, 2.45) is 0 Å². The van der Waals surface area contributed by atoms with E-state index in [0.717, 1.165) is 31.0 Å². The van der Waals surface area contributed by atoms with E-state index in [4.69, 9.17) is 4.74 Å². The van der Waals surface area contributed by atoms with E-state index in [1.54, 1.807) is 19.5 Å². The Labute approximate surface area is 152 Å². The van der Waals surface area contributed by atoms with Gasteiger partial charge in [0, 0.05) is 31.9 Å². The Hall–Kier alpha value is -2.74. The van der Waals surface area contributed by atoms with Crippen molar-refractivity contribution < 1.29 is 9.53 Å². The summed E-state index contributed by atoms with van der Waals surface area (Å²) in [7, 11) is 3.63. The topological polar surface area (TPSA) is 74.7 Å². The van der Waals surface area contributed by atoms with Crippen LogP contribution in [-0.2, 0) is 4.79 Å². The number of likely N-dealkylation sites (N-methyl/N-ethyl adjacent to an activating group) is 1. The van der Waals surface area contributed by atoms with Crippen LogP contribution in [0, 0.1) is 0 Å². The number of hydrogen-bond acceptors (Lipinski definition) is 7. The van der Waals surface area contributed by atoms with E-state index in [-0.39, 0.29) is 11.4 Å². The molecule has 1 amide bonds. The van der Waals surface area contributed by atoms with Crippen molar-refractivity contribution in [1.82, 2.24) is 19.9 Å². The first-order valence-corrected chi connectivity index (χ1v) is 8.64. The number of carbonyl (C=O) groups excluding carboxylic acids is 1. The van der Waals surface area contributed by atoms with E-state index in [1.807, 2.05) is 30.1 Å². The highest BCUT2D eigenvalue weighted by Crippen LogP contribution is 2.35. The quantitative estimate of drug-likeness (QED) is 0.807. The molecule has 2 saturated heterocycles. The van der Waals surface area contributed by atoms with Gasteiger partial charge in [-0.2, -0.15) is 0 Å². The molecule has 2 aromatic heterocycles. The van der Waals surface area contributed by atoms with Crippen LogP contribution in [0.25, 0.3) is 0 Å². The minimum absolute atomic E-state index is 0.105. The lowest BCUT2D eigenvalue weighted by Crippen LogP contribution is -2.64. The fourth-order valence-corrected chi connectivity index (χ4v) is 3.81. The van der Waals surface area contributed by atoms with E-state index in [9.17, 15) is 4.79 Å². The molecular formula is C18H22N6O2. The Bertz CT molecular complexity index is 801. The second-order valence-electron chi connectivity index (χ2n) is 6.86. The molecular weight excluding hydrogens is 332 g/mol. The molecule has 0 aromatic carbocycles. The molecule has 2 fully saturated rings. The maximum Gasteiger partial charge on any atom is 0.241 e. The van der Waals surface area contributed by atoms with Crippen molar-refractivity contribution in [2.45, 2.75) is 12.0 Å². The maximum atomic E-state index is 12.6. The molecule has 0 saturated carbocycles. The molecule has 2 aliphatic rings. The Morgan fingerprint density at radius 3 is 2.92 bits per heavy atom. The first-order chi connectivity index (χ1) is 12.6. The van der Waals surface area contributed by atoms with Crippen molar-refractivity contribution in [1.29, 1.82) is 0 Å². The molecule has 2 aromatic rings. The number of rotatable bonds is 3. The number of anilines is 2. The van der Waals surface area contributed by atoms with Crippen LogP contribution in [0.4, 0.5) is 11.5 Å². The zero-order valence-electron chi connectivity index (χ0n) is 15.0. The van der Waals surface area contributed by atoms with Gasteiger partial charge in [-0.25, -0.2) is 9.97 Å². The normalized spacial score (nSPS) is 23.7. The van der Waals surface area contributed by atoms with Gasteiger partial charge in [-0.15, -0.1) is 0 Å². The van der Waals surface area contributed by atoms with Crippen LogP contribution in [0.2, 0.25) is 0 Å². The van der Waals surface area contributed by atoms with Gasteiger partial charge in [-0.3, -0.25) is 14.7 Å². The van der Waals surface area contributed by atoms with Crippen molar-refractivity contribution in [3.63, 3.8) is 0 Å². The highest BCUT2D eigenvalue weighted by molar-refractivity contribution is 5.95. The number of pyridine rings is 1. The van der Waals surface area contributed by atoms with Gasteiger partial charge in [0.25, 0.3) is 0 Å². The molecule has 0 radical (unpaired) electrons. The molecule has 4 rings (SSSR count). The Morgan fingerprint density at radius 1 is 1.27 bits per heavy atom. The first-order valence-electron chi connectivity index (χ1n) is 8.64. The lowest BCUT2D eigenvalue weighted by molar-refractivity contribution is -0.123. The summed E-state index contributed by atoms with van der Waals surface area (Å²) in [5.74, 6) is 1.51. The number of aromatic nitrogens is 3. The zero-order chi connectivity index (χ0) is 18.1. The standard InChI is InChI=1S/C18H22N6O2/c1-22-10-17(25)24(14-4-3-6-19-9-14)12-18(22)5-7-23(11-18)15-8-16(26-2)21-13-20-15/h3-4,6,8-9,13H,5,7,10-12H2,1-2H3/t18-/m1/s1. The number of ether oxygens (including phenoxy) is 1. The van der Waals surface area contributed by atoms with E-state index >= 15 is 0 Å². The molecule has 0 aliphatic carbocycles. The molecule has 26 heavy (non-hydrogen) atoms. The van der Waals surface area contributed by atoms with E-state index in [1.165, 1.54) is 6.33 Å². The lowest BCUT2D eigenvalue weighted by atomic mass is 9.92. The molecule has 2 aliphatic heterocycles. The fraction of sp³-hybridized carbons (Fsp3) is 0.444. The predicted octanol–water partition coefficient (Wildman–Crippen LogP) is 0.808. The van der Waals surface area contributed by atoms with Crippen molar-refractivity contribution >= 4 is 17.4 Å². The number of nitrogens with zero attached hydrogens (tertiary/aromatic N) is 6. The maximum absolute atomic E-state index is 12.6. The van der Waals surface area contributed by atoms with Crippen LogP contribution in [0.15, 0.2) is 36.9 Å².